The number of phenols is 1. The van der Waals surface area contributed by atoms with Crippen molar-refractivity contribution < 1.29 is 19.5 Å². The number of rotatable bonds is 7. The van der Waals surface area contributed by atoms with E-state index in [0.29, 0.717) is 29.2 Å². The van der Waals surface area contributed by atoms with E-state index in [-0.39, 0.29) is 46.4 Å². The summed E-state index contributed by atoms with van der Waals surface area (Å²) in [7, 11) is 0. The number of halogens is 1. The number of aromatic hydroxyl groups is 1. The summed E-state index contributed by atoms with van der Waals surface area (Å²) in [5, 5.41) is 19.2. The number of hydrogen-bond acceptors (Lipinski definition) is 7. The second-order valence-electron chi connectivity index (χ2n) is 9.53. The van der Waals surface area contributed by atoms with Crippen molar-refractivity contribution in [3.05, 3.63) is 106 Å². The number of phenolic OH excluding ortho intramolecular Hbond substituents is 1. The summed E-state index contributed by atoms with van der Waals surface area (Å²) in [5.41, 5.74) is 0.817. The number of amides is 3. The second-order valence-corrected chi connectivity index (χ2v) is 9.97. The standard InChI is InChI=1S/C30H27ClN6O5/c31-21-10-11-25(33-17-21)34-29(41)23-3-1-5-24(38)27(23)35-28(40)20-8-6-19(7-9-20)22-4-2-14-37(30(22)42)18-26(39)36-15-12-32-13-16-36/h1-11,14,17,32,38H,12-13,15-16,18H2,(H,35,40)(H,33,34,41). The van der Waals surface area contributed by atoms with Crippen molar-refractivity contribution in [1.82, 2.24) is 19.8 Å². The van der Waals surface area contributed by atoms with E-state index < -0.39 is 11.8 Å². The van der Waals surface area contributed by atoms with Gasteiger partial charge >= 0.3 is 0 Å². The van der Waals surface area contributed by atoms with Crippen LogP contribution in [0.15, 0.2) is 83.9 Å². The lowest BCUT2D eigenvalue weighted by Crippen LogP contribution is -2.48. The molecule has 12 heteroatoms. The number of aromatic nitrogens is 2. The monoisotopic (exact) mass is 586 g/mol. The number of hydrogen-bond donors (Lipinski definition) is 4. The van der Waals surface area contributed by atoms with Gasteiger partial charge in [0, 0.05) is 49.7 Å². The molecule has 2 aromatic carbocycles. The van der Waals surface area contributed by atoms with Crippen LogP contribution in [-0.2, 0) is 11.3 Å². The first kappa shape index (κ1) is 28.5. The van der Waals surface area contributed by atoms with Crippen LogP contribution in [-0.4, -0.2) is 63.5 Å². The molecule has 214 valence electrons. The molecule has 1 aliphatic heterocycles. The Hall–Kier alpha value is -5.00. The summed E-state index contributed by atoms with van der Waals surface area (Å²) < 4.78 is 1.38. The topological polar surface area (TPSA) is 146 Å². The van der Waals surface area contributed by atoms with Crippen molar-refractivity contribution in [2.45, 2.75) is 6.54 Å². The van der Waals surface area contributed by atoms with Gasteiger partial charge in [0.1, 0.15) is 18.1 Å². The third-order valence-corrected chi connectivity index (χ3v) is 6.97. The summed E-state index contributed by atoms with van der Waals surface area (Å²) >= 11 is 5.84. The highest BCUT2D eigenvalue weighted by Gasteiger charge is 2.20. The third-order valence-electron chi connectivity index (χ3n) is 6.75. The maximum absolute atomic E-state index is 13.2. The van der Waals surface area contributed by atoms with Crippen LogP contribution in [0.4, 0.5) is 11.5 Å². The van der Waals surface area contributed by atoms with Crippen molar-refractivity contribution >= 4 is 40.8 Å². The van der Waals surface area contributed by atoms with E-state index in [1.807, 2.05) is 0 Å². The van der Waals surface area contributed by atoms with E-state index in [0.717, 1.165) is 13.1 Å². The molecule has 0 atom stereocenters. The van der Waals surface area contributed by atoms with Gasteiger partial charge in [0.25, 0.3) is 17.4 Å². The fraction of sp³-hybridized carbons (Fsp3) is 0.167. The first-order chi connectivity index (χ1) is 20.3. The van der Waals surface area contributed by atoms with Crippen molar-refractivity contribution in [3.63, 3.8) is 0 Å². The maximum atomic E-state index is 13.2. The lowest BCUT2D eigenvalue weighted by molar-refractivity contribution is -0.132. The summed E-state index contributed by atoms with van der Waals surface area (Å²) in [5.74, 6) is -1.34. The normalized spacial score (nSPS) is 12.9. The number of carbonyl (C=O) groups excluding carboxylic acids is 3. The van der Waals surface area contributed by atoms with Crippen molar-refractivity contribution in [2.75, 3.05) is 36.8 Å². The first-order valence-electron chi connectivity index (χ1n) is 13.1. The fourth-order valence-electron chi connectivity index (χ4n) is 4.52. The highest BCUT2D eigenvalue weighted by Crippen LogP contribution is 2.29. The minimum atomic E-state index is -0.595. The van der Waals surface area contributed by atoms with E-state index in [1.165, 1.54) is 47.2 Å². The van der Waals surface area contributed by atoms with Crippen LogP contribution in [0.3, 0.4) is 0 Å². The van der Waals surface area contributed by atoms with Crippen LogP contribution in [0.1, 0.15) is 20.7 Å². The van der Waals surface area contributed by atoms with Gasteiger partial charge in [-0.2, -0.15) is 0 Å². The highest BCUT2D eigenvalue weighted by atomic mass is 35.5. The number of benzene rings is 2. The minimum absolute atomic E-state index is 0.0249. The van der Waals surface area contributed by atoms with Gasteiger partial charge in [-0.15, -0.1) is 0 Å². The van der Waals surface area contributed by atoms with Gasteiger partial charge in [-0.1, -0.05) is 29.8 Å². The van der Waals surface area contributed by atoms with E-state index in [1.54, 1.807) is 41.4 Å². The van der Waals surface area contributed by atoms with Crippen LogP contribution in [0.2, 0.25) is 5.02 Å². The van der Waals surface area contributed by atoms with Gasteiger partial charge in [0.15, 0.2) is 0 Å². The number of nitrogens with one attached hydrogen (secondary N) is 3. The summed E-state index contributed by atoms with van der Waals surface area (Å²) in [6, 6.07) is 17.0. The van der Waals surface area contributed by atoms with Gasteiger partial charge < -0.3 is 30.5 Å². The molecule has 0 spiro atoms. The number of carbonyl (C=O) groups is 3. The number of para-hydroxylation sites is 1. The Labute approximate surface area is 245 Å². The first-order valence-corrected chi connectivity index (χ1v) is 13.5. The smallest absolute Gasteiger partial charge is 0.259 e. The molecule has 0 unspecified atom stereocenters. The third kappa shape index (κ3) is 6.48. The van der Waals surface area contributed by atoms with E-state index in [4.69, 9.17) is 11.6 Å². The summed E-state index contributed by atoms with van der Waals surface area (Å²) in [4.78, 5) is 57.6. The number of pyridine rings is 2. The largest absolute Gasteiger partial charge is 0.506 e. The average molecular weight is 587 g/mol. The SMILES string of the molecule is O=C(Nc1c(O)cccc1C(=O)Nc1ccc(Cl)cn1)c1ccc(-c2cccn(CC(=O)N3CCNCC3)c2=O)cc1. The Morgan fingerprint density at radius 1 is 0.929 bits per heavy atom. The van der Waals surface area contributed by atoms with Crippen LogP contribution in [0, 0.1) is 0 Å². The summed E-state index contributed by atoms with van der Waals surface area (Å²) in [6.07, 6.45) is 2.96. The van der Waals surface area contributed by atoms with Crippen molar-refractivity contribution in [1.29, 1.82) is 0 Å². The molecule has 2 aromatic heterocycles. The Bertz CT molecular complexity index is 1680. The summed E-state index contributed by atoms with van der Waals surface area (Å²) in [6.45, 7) is 2.59. The molecule has 3 heterocycles. The Morgan fingerprint density at radius 3 is 2.40 bits per heavy atom. The van der Waals surface area contributed by atoms with Gasteiger partial charge in [-0.3, -0.25) is 19.2 Å². The van der Waals surface area contributed by atoms with Gasteiger partial charge in [-0.25, -0.2) is 4.98 Å². The highest BCUT2D eigenvalue weighted by molar-refractivity contribution is 6.30. The molecule has 5 rings (SSSR count). The molecule has 42 heavy (non-hydrogen) atoms. The van der Waals surface area contributed by atoms with Crippen molar-refractivity contribution in [2.24, 2.45) is 0 Å². The predicted octanol–water partition coefficient (Wildman–Crippen LogP) is 3.21. The molecule has 0 aliphatic carbocycles. The van der Waals surface area contributed by atoms with E-state index >= 15 is 0 Å². The lowest BCUT2D eigenvalue weighted by Gasteiger charge is -2.27. The molecule has 0 radical (unpaired) electrons. The molecule has 1 fully saturated rings. The molecule has 3 amide bonds. The van der Waals surface area contributed by atoms with E-state index in [9.17, 15) is 24.3 Å². The minimum Gasteiger partial charge on any atom is -0.506 e. The van der Waals surface area contributed by atoms with Gasteiger partial charge in [0.05, 0.1) is 16.3 Å². The average Bonchev–Trinajstić information content (AvgIpc) is 3.00. The molecule has 1 saturated heterocycles. The lowest BCUT2D eigenvalue weighted by atomic mass is 10.0. The van der Waals surface area contributed by atoms with E-state index in [2.05, 4.69) is 20.9 Å². The van der Waals surface area contributed by atoms with Gasteiger partial charge in [-0.05, 0) is 54.1 Å². The molecule has 4 N–H and O–H groups in total. The Balaban J connectivity index is 1.31. The Kier molecular flexibility index (Phi) is 8.60. The quantitative estimate of drug-likeness (QED) is 0.243. The molecular formula is C30H27ClN6O5. The van der Waals surface area contributed by atoms with Crippen molar-refractivity contribution in [3.8, 4) is 16.9 Å². The number of piperazine rings is 1. The molecule has 4 aromatic rings. The zero-order valence-electron chi connectivity index (χ0n) is 22.3. The second kappa shape index (κ2) is 12.7. The Morgan fingerprint density at radius 2 is 1.69 bits per heavy atom. The van der Waals surface area contributed by atoms with Crippen LogP contribution < -0.4 is 21.5 Å². The van der Waals surface area contributed by atoms with Crippen LogP contribution in [0.5, 0.6) is 5.75 Å². The molecule has 0 saturated carbocycles. The van der Waals surface area contributed by atoms with Crippen LogP contribution >= 0.6 is 11.6 Å². The number of nitrogens with zero attached hydrogens (tertiary/aromatic N) is 3. The van der Waals surface area contributed by atoms with Crippen LogP contribution in [0.25, 0.3) is 11.1 Å². The molecule has 11 nitrogen and oxygen atoms in total. The molecule has 1 aliphatic rings. The molecular weight excluding hydrogens is 560 g/mol. The zero-order valence-corrected chi connectivity index (χ0v) is 23.1. The van der Waals surface area contributed by atoms with Gasteiger partial charge in [0.2, 0.25) is 5.91 Å². The zero-order chi connectivity index (χ0) is 29.6. The molecule has 0 bridgehead atoms. The fourth-order valence-corrected chi connectivity index (χ4v) is 4.63. The maximum Gasteiger partial charge on any atom is 0.259 e. The number of anilines is 2. The predicted molar refractivity (Wildman–Crippen MR) is 159 cm³/mol.